The molecule has 104 valence electrons. The zero-order valence-corrected chi connectivity index (χ0v) is 12.2. The Kier molecular flexibility index (Phi) is 3.82. The van der Waals surface area contributed by atoms with Crippen molar-refractivity contribution in [2.75, 3.05) is 0 Å². The fraction of sp³-hybridized carbons (Fsp3) is 0.333. The van der Waals surface area contributed by atoms with Crippen LogP contribution >= 0.6 is 11.6 Å². The second-order valence-corrected chi connectivity index (χ2v) is 6.16. The first-order valence-corrected chi connectivity index (χ1v) is 7.56. The van der Waals surface area contributed by atoms with E-state index in [0.29, 0.717) is 6.42 Å². The number of hydrogen-bond donors (Lipinski definition) is 1. The zero-order valence-electron chi connectivity index (χ0n) is 11.4. The monoisotopic (exact) mass is 286 g/mol. The molecule has 0 aliphatic heterocycles. The van der Waals surface area contributed by atoms with Crippen LogP contribution in [0.3, 0.4) is 0 Å². The number of rotatable bonds is 4. The standard InChI is InChI=1S/C18H19ClO/c19-16-9-4-6-14(12-16)13-17(20)18(10-5-11-18)15-7-2-1-3-8-15/h1-4,6-9,12,17,20H,5,10-11,13H2. The Hall–Kier alpha value is -1.31. The zero-order chi connectivity index (χ0) is 14.0. The molecule has 1 fully saturated rings. The molecule has 1 nitrogen and oxygen atoms in total. The smallest absolute Gasteiger partial charge is 0.0677 e. The first kappa shape index (κ1) is 13.7. The Labute approximate surface area is 125 Å². The van der Waals surface area contributed by atoms with Gasteiger partial charge in [0.2, 0.25) is 0 Å². The van der Waals surface area contributed by atoms with Crippen LogP contribution < -0.4 is 0 Å². The molecule has 1 aliphatic carbocycles. The van der Waals surface area contributed by atoms with Crippen molar-refractivity contribution >= 4 is 11.6 Å². The van der Waals surface area contributed by atoms with E-state index in [1.54, 1.807) is 0 Å². The highest BCUT2D eigenvalue weighted by molar-refractivity contribution is 6.30. The largest absolute Gasteiger partial charge is 0.392 e. The molecule has 3 rings (SSSR count). The second kappa shape index (κ2) is 5.59. The van der Waals surface area contributed by atoms with E-state index in [1.807, 2.05) is 30.3 Å². The summed E-state index contributed by atoms with van der Waals surface area (Å²) in [5.41, 5.74) is 2.30. The quantitative estimate of drug-likeness (QED) is 0.885. The highest BCUT2D eigenvalue weighted by Crippen LogP contribution is 2.47. The van der Waals surface area contributed by atoms with Crippen LogP contribution in [0.4, 0.5) is 0 Å². The van der Waals surface area contributed by atoms with Crippen molar-refractivity contribution in [3.05, 3.63) is 70.7 Å². The van der Waals surface area contributed by atoms with Crippen LogP contribution in [0.1, 0.15) is 30.4 Å². The van der Waals surface area contributed by atoms with E-state index in [0.717, 1.165) is 23.4 Å². The van der Waals surface area contributed by atoms with Gasteiger partial charge in [0.1, 0.15) is 0 Å². The van der Waals surface area contributed by atoms with Gasteiger partial charge in [-0.15, -0.1) is 0 Å². The van der Waals surface area contributed by atoms with E-state index < -0.39 is 0 Å². The molecule has 0 aromatic heterocycles. The molecule has 0 spiro atoms. The van der Waals surface area contributed by atoms with Crippen molar-refractivity contribution in [2.45, 2.75) is 37.2 Å². The third-order valence-corrected chi connectivity index (χ3v) is 4.79. The number of halogens is 1. The van der Waals surface area contributed by atoms with Gasteiger partial charge in [0.05, 0.1) is 6.10 Å². The van der Waals surface area contributed by atoms with Gasteiger partial charge >= 0.3 is 0 Å². The summed E-state index contributed by atoms with van der Waals surface area (Å²) in [6, 6.07) is 18.2. The third kappa shape index (κ3) is 2.48. The van der Waals surface area contributed by atoms with Crippen molar-refractivity contribution in [2.24, 2.45) is 0 Å². The Morgan fingerprint density at radius 3 is 2.40 bits per heavy atom. The van der Waals surface area contributed by atoms with Crippen molar-refractivity contribution in [3.63, 3.8) is 0 Å². The fourth-order valence-electron chi connectivity index (χ4n) is 3.22. The Morgan fingerprint density at radius 2 is 1.80 bits per heavy atom. The summed E-state index contributed by atoms with van der Waals surface area (Å²) in [7, 11) is 0. The van der Waals surface area contributed by atoms with E-state index in [4.69, 9.17) is 11.6 Å². The number of hydrogen-bond acceptors (Lipinski definition) is 1. The molecule has 0 saturated heterocycles. The highest BCUT2D eigenvalue weighted by atomic mass is 35.5. The van der Waals surface area contributed by atoms with Crippen molar-refractivity contribution in [1.82, 2.24) is 0 Å². The summed E-state index contributed by atoms with van der Waals surface area (Å²) < 4.78 is 0. The summed E-state index contributed by atoms with van der Waals surface area (Å²) in [6.45, 7) is 0. The second-order valence-electron chi connectivity index (χ2n) is 5.73. The lowest BCUT2D eigenvalue weighted by atomic mass is 9.60. The van der Waals surface area contributed by atoms with Crippen LogP contribution in [0, 0.1) is 0 Å². The van der Waals surface area contributed by atoms with E-state index in [1.165, 1.54) is 12.0 Å². The first-order chi connectivity index (χ1) is 9.71. The maximum absolute atomic E-state index is 10.8. The summed E-state index contributed by atoms with van der Waals surface area (Å²) >= 11 is 6.03. The predicted octanol–water partition coefficient (Wildman–Crippen LogP) is 4.37. The van der Waals surface area contributed by atoms with Gasteiger partial charge in [-0.05, 0) is 42.5 Å². The van der Waals surface area contributed by atoms with E-state index in [-0.39, 0.29) is 11.5 Å². The fourth-order valence-corrected chi connectivity index (χ4v) is 3.44. The first-order valence-electron chi connectivity index (χ1n) is 7.19. The normalized spacial score (nSPS) is 18.3. The lowest BCUT2D eigenvalue weighted by Crippen LogP contribution is -2.46. The molecule has 0 amide bonds. The minimum Gasteiger partial charge on any atom is -0.392 e. The Balaban J connectivity index is 1.83. The van der Waals surface area contributed by atoms with Gasteiger partial charge in [0, 0.05) is 10.4 Å². The molecule has 1 atom stereocenters. The lowest BCUT2D eigenvalue weighted by Gasteiger charge is -2.46. The van der Waals surface area contributed by atoms with Gasteiger partial charge in [-0.2, -0.15) is 0 Å². The topological polar surface area (TPSA) is 20.2 Å². The maximum Gasteiger partial charge on any atom is 0.0677 e. The van der Waals surface area contributed by atoms with Gasteiger partial charge in [0.15, 0.2) is 0 Å². The van der Waals surface area contributed by atoms with Crippen LogP contribution in [-0.2, 0) is 11.8 Å². The average Bonchev–Trinajstić information content (AvgIpc) is 2.38. The minimum absolute atomic E-state index is 0.0659. The number of aliphatic hydroxyl groups excluding tert-OH is 1. The molecule has 1 N–H and O–H groups in total. The summed E-state index contributed by atoms with van der Waals surface area (Å²) in [5, 5.41) is 11.5. The molecule has 20 heavy (non-hydrogen) atoms. The Morgan fingerprint density at radius 1 is 1.05 bits per heavy atom. The van der Waals surface area contributed by atoms with Crippen LogP contribution in [0.15, 0.2) is 54.6 Å². The molecule has 1 saturated carbocycles. The van der Waals surface area contributed by atoms with Gasteiger partial charge in [0.25, 0.3) is 0 Å². The summed E-state index contributed by atoms with van der Waals surface area (Å²) in [5.74, 6) is 0. The molecule has 1 unspecified atom stereocenters. The summed E-state index contributed by atoms with van der Waals surface area (Å²) in [4.78, 5) is 0. The lowest BCUT2D eigenvalue weighted by molar-refractivity contribution is 0.0286. The summed E-state index contributed by atoms with van der Waals surface area (Å²) in [6.07, 6.45) is 3.64. The van der Waals surface area contributed by atoms with Gasteiger partial charge < -0.3 is 5.11 Å². The third-order valence-electron chi connectivity index (χ3n) is 4.55. The van der Waals surface area contributed by atoms with Crippen molar-refractivity contribution in [1.29, 1.82) is 0 Å². The molecule has 1 aliphatic rings. The molecule has 0 bridgehead atoms. The van der Waals surface area contributed by atoms with E-state index in [9.17, 15) is 5.11 Å². The van der Waals surface area contributed by atoms with Gasteiger partial charge in [-0.1, -0.05) is 60.5 Å². The van der Waals surface area contributed by atoms with E-state index >= 15 is 0 Å². The average molecular weight is 287 g/mol. The van der Waals surface area contributed by atoms with Crippen molar-refractivity contribution in [3.8, 4) is 0 Å². The van der Waals surface area contributed by atoms with Gasteiger partial charge in [-0.3, -0.25) is 0 Å². The maximum atomic E-state index is 10.8. The molecular formula is C18H19ClO. The van der Waals surface area contributed by atoms with Crippen LogP contribution in [-0.4, -0.2) is 11.2 Å². The van der Waals surface area contributed by atoms with Crippen LogP contribution in [0.5, 0.6) is 0 Å². The van der Waals surface area contributed by atoms with Gasteiger partial charge in [-0.25, -0.2) is 0 Å². The van der Waals surface area contributed by atoms with Crippen LogP contribution in [0.2, 0.25) is 5.02 Å². The molecule has 2 heteroatoms. The molecular weight excluding hydrogens is 268 g/mol. The number of benzene rings is 2. The van der Waals surface area contributed by atoms with E-state index in [2.05, 4.69) is 24.3 Å². The molecule has 2 aromatic carbocycles. The highest BCUT2D eigenvalue weighted by Gasteiger charge is 2.44. The molecule has 0 radical (unpaired) electrons. The Bertz CT molecular complexity index is 575. The number of aliphatic hydroxyl groups is 1. The minimum atomic E-state index is -0.350. The predicted molar refractivity (Wildman–Crippen MR) is 83.1 cm³/mol. The molecule has 2 aromatic rings. The molecule has 0 heterocycles. The van der Waals surface area contributed by atoms with Crippen LogP contribution in [0.25, 0.3) is 0 Å². The SMILES string of the molecule is OC(Cc1cccc(Cl)c1)C1(c2ccccc2)CCC1. The van der Waals surface area contributed by atoms with Crippen molar-refractivity contribution < 1.29 is 5.11 Å².